The maximum atomic E-state index is 5.54. The van der Waals surface area contributed by atoms with Gasteiger partial charge in [-0.1, -0.05) is 13.8 Å². The van der Waals surface area contributed by atoms with Crippen molar-refractivity contribution in [1.82, 2.24) is 10.2 Å². The lowest BCUT2D eigenvalue weighted by Crippen LogP contribution is -2.50. The topological polar surface area (TPSA) is 24.5 Å². The molecule has 0 spiro atoms. The molecule has 1 saturated heterocycles. The molecule has 0 aromatic rings. The van der Waals surface area contributed by atoms with E-state index in [-0.39, 0.29) is 0 Å². The molecular weight excluding hydrogens is 200 g/mol. The van der Waals surface area contributed by atoms with Crippen molar-refractivity contribution in [2.75, 3.05) is 32.8 Å². The van der Waals surface area contributed by atoms with E-state index in [1.807, 2.05) is 0 Å². The summed E-state index contributed by atoms with van der Waals surface area (Å²) in [6, 6.07) is 1.31. The molecule has 0 aliphatic carbocycles. The van der Waals surface area contributed by atoms with E-state index in [1.165, 1.54) is 19.3 Å². The number of hydrogen-bond acceptors (Lipinski definition) is 3. The summed E-state index contributed by atoms with van der Waals surface area (Å²) < 4.78 is 5.54. The van der Waals surface area contributed by atoms with Crippen LogP contribution in [0.4, 0.5) is 0 Å². The van der Waals surface area contributed by atoms with Gasteiger partial charge in [0.1, 0.15) is 0 Å². The van der Waals surface area contributed by atoms with Crippen molar-refractivity contribution in [3.63, 3.8) is 0 Å². The fourth-order valence-electron chi connectivity index (χ4n) is 2.38. The third-order valence-corrected chi connectivity index (χ3v) is 3.48. The summed E-state index contributed by atoms with van der Waals surface area (Å²) >= 11 is 0. The van der Waals surface area contributed by atoms with E-state index in [4.69, 9.17) is 4.74 Å². The molecule has 2 unspecified atom stereocenters. The van der Waals surface area contributed by atoms with Crippen LogP contribution in [0.25, 0.3) is 0 Å². The Bertz CT molecular complexity index is 175. The number of ether oxygens (including phenoxy) is 1. The third kappa shape index (κ3) is 4.40. The number of nitrogens with one attached hydrogen (secondary N) is 1. The van der Waals surface area contributed by atoms with Gasteiger partial charge >= 0.3 is 0 Å². The molecule has 0 saturated carbocycles. The van der Waals surface area contributed by atoms with Gasteiger partial charge in [-0.3, -0.25) is 4.90 Å². The van der Waals surface area contributed by atoms with Crippen molar-refractivity contribution < 1.29 is 4.74 Å². The predicted octanol–water partition coefficient (Wildman–Crippen LogP) is 1.88. The first-order valence-corrected chi connectivity index (χ1v) is 6.83. The van der Waals surface area contributed by atoms with E-state index in [0.717, 1.165) is 32.8 Å². The highest BCUT2D eigenvalue weighted by molar-refractivity contribution is 4.79. The lowest BCUT2D eigenvalue weighted by molar-refractivity contribution is -0.0278. The maximum Gasteiger partial charge on any atom is 0.0622 e. The Kier molecular flexibility index (Phi) is 7.01. The monoisotopic (exact) mass is 228 g/mol. The Labute approximate surface area is 101 Å². The first-order chi connectivity index (χ1) is 7.79. The van der Waals surface area contributed by atoms with Crippen molar-refractivity contribution in [3.05, 3.63) is 0 Å². The van der Waals surface area contributed by atoms with Gasteiger partial charge in [-0.2, -0.15) is 0 Å². The fraction of sp³-hybridized carbons (Fsp3) is 1.00. The highest BCUT2D eigenvalue weighted by Gasteiger charge is 2.25. The molecule has 2 atom stereocenters. The zero-order chi connectivity index (χ0) is 11.8. The average Bonchev–Trinajstić information content (AvgIpc) is 2.34. The van der Waals surface area contributed by atoms with Crippen LogP contribution in [0, 0.1) is 0 Å². The van der Waals surface area contributed by atoms with Crippen molar-refractivity contribution >= 4 is 0 Å². The van der Waals surface area contributed by atoms with Gasteiger partial charge in [0.25, 0.3) is 0 Å². The zero-order valence-electron chi connectivity index (χ0n) is 11.2. The summed E-state index contributed by atoms with van der Waals surface area (Å²) in [6.45, 7) is 12.0. The largest absolute Gasteiger partial charge is 0.378 e. The Morgan fingerprint density at radius 2 is 2.19 bits per heavy atom. The molecule has 0 radical (unpaired) electrons. The second kappa shape index (κ2) is 8.04. The van der Waals surface area contributed by atoms with Crippen LogP contribution in [0.5, 0.6) is 0 Å². The first-order valence-electron chi connectivity index (χ1n) is 6.83. The van der Waals surface area contributed by atoms with Crippen LogP contribution in [-0.4, -0.2) is 49.8 Å². The Hall–Kier alpha value is -0.120. The van der Waals surface area contributed by atoms with Gasteiger partial charge in [0.2, 0.25) is 0 Å². The fourth-order valence-corrected chi connectivity index (χ4v) is 2.38. The van der Waals surface area contributed by atoms with Gasteiger partial charge in [0.15, 0.2) is 0 Å². The molecule has 3 heteroatoms. The lowest BCUT2D eigenvalue weighted by Gasteiger charge is -2.39. The Balaban J connectivity index is 2.24. The predicted molar refractivity (Wildman–Crippen MR) is 68.8 cm³/mol. The molecule has 1 heterocycles. The quantitative estimate of drug-likeness (QED) is 0.673. The van der Waals surface area contributed by atoms with E-state index in [9.17, 15) is 0 Å². The minimum atomic E-state index is 0.634. The number of nitrogens with zero attached hydrogens (tertiary/aromatic N) is 1. The minimum absolute atomic E-state index is 0.634. The normalized spacial score (nSPS) is 24.6. The molecule has 0 aromatic carbocycles. The van der Waals surface area contributed by atoms with Crippen LogP contribution in [0.15, 0.2) is 0 Å². The molecular formula is C13H28N2O. The van der Waals surface area contributed by atoms with Crippen LogP contribution < -0.4 is 5.32 Å². The van der Waals surface area contributed by atoms with E-state index in [0.29, 0.717) is 12.1 Å². The van der Waals surface area contributed by atoms with Crippen LogP contribution in [0.2, 0.25) is 0 Å². The lowest BCUT2D eigenvalue weighted by atomic mass is 10.1. The van der Waals surface area contributed by atoms with E-state index >= 15 is 0 Å². The highest BCUT2D eigenvalue weighted by Crippen LogP contribution is 2.15. The number of morpholine rings is 1. The average molecular weight is 228 g/mol. The van der Waals surface area contributed by atoms with Crippen molar-refractivity contribution in [2.24, 2.45) is 0 Å². The molecule has 96 valence electrons. The second-order valence-corrected chi connectivity index (χ2v) is 4.76. The Morgan fingerprint density at radius 3 is 2.88 bits per heavy atom. The summed E-state index contributed by atoms with van der Waals surface area (Å²) in [7, 11) is 0. The van der Waals surface area contributed by atoms with Crippen molar-refractivity contribution in [3.8, 4) is 0 Å². The molecule has 16 heavy (non-hydrogen) atoms. The maximum absolute atomic E-state index is 5.54. The number of hydrogen-bond donors (Lipinski definition) is 1. The van der Waals surface area contributed by atoms with Gasteiger partial charge in [-0.15, -0.1) is 0 Å². The van der Waals surface area contributed by atoms with E-state index in [1.54, 1.807) is 0 Å². The SMILES string of the molecule is CCCNCCC(C)N1CCOCC1CC. The van der Waals surface area contributed by atoms with E-state index in [2.05, 4.69) is 31.0 Å². The highest BCUT2D eigenvalue weighted by atomic mass is 16.5. The van der Waals surface area contributed by atoms with Crippen molar-refractivity contribution in [2.45, 2.75) is 52.1 Å². The summed E-state index contributed by atoms with van der Waals surface area (Å²) in [5, 5.41) is 3.48. The molecule has 0 bridgehead atoms. The van der Waals surface area contributed by atoms with E-state index < -0.39 is 0 Å². The van der Waals surface area contributed by atoms with Gasteiger partial charge in [0, 0.05) is 18.6 Å². The van der Waals surface area contributed by atoms with Crippen LogP contribution in [0.3, 0.4) is 0 Å². The second-order valence-electron chi connectivity index (χ2n) is 4.76. The summed E-state index contributed by atoms with van der Waals surface area (Å²) in [5.74, 6) is 0. The smallest absolute Gasteiger partial charge is 0.0622 e. The molecule has 0 amide bonds. The minimum Gasteiger partial charge on any atom is -0.378 e. The van der Waals surface area contributed by atoms with Crippen LogP contribution in [0.1, 0.15) is 40.0 Å². The van der Waals surface area contributed by atoms with Gasteiger partial charge < -0.3 is 10.1 Å². The van der Waals surface area contributed by atoms with Gasteiger partial charge in [-0.05, 0) is 39.3 Å². The van der Waals surface area contributed by atoms with Gasteiger partial charge in [0.05, 0.1) is 13.2 Å². The van der Waals surface area contributed by atoms with Crippen LogP contribution in [-0.2, 0) is 4.74 Å². The number of rotatable bonds is 7. The van der Waals surface area contributed by atoms with Crippen LogP contribution >= 0.6 is 0 Å². The van der Waals surface area contributed by atoms with Gasteiger partial charge in [-0.25, -0.2) is 0 Å². The Morgan fingerprint density at radius 1 is 1.38 bits per heavy atom. The molecule has 1 aliphatic heterocycles. The summed E-state index contributed by atoms with van der Waals surface area (Å²) in [5.41, 5.74) is 0. The molecule has 0 aromatic heterocycles. The summed E-state index contributed by atoms with van der Waals surface area (Å²) in [4.78, 5) is 2.62. The molecule has 1 N–H and O–H groups in total. The molecule has 1 aliphatic rings. The molecule has 1 rings (SSSR count). The van der Waals surface area contributed by atoms with Crippen molar-refractivity contribution in [1.29, 1.82) is 0 Å². The summed E-state index contributed by atoms with van der Waals surface area (Å²) in [6.07, 6.45) is 3.67. The third-order valence-electron chi connectivity index (χ3n) is 3.48. The first kappa shape index (κ1) is 13.9. The molecule has 3 nitrogen and oxygen atoms in total. The molecule has 1 fully saturated rings. The zero-order valence-corrected chi connectivity index (χ0v) is 11.2. The standard InChI is InChI=1S/C13H28N2O/c1-4-7-14-8-6-12(3)15-9-10-16-11-13(15)5-2/h12-14H,4-11H2,1-3H3.